The first-order valence-electron chi connectivity index (χ1n) is 5.97. The molecule has 1 N–H and O–H groups in total. The molecule has 18 heavy (non-hydrogen) atoms. The summed E-state index contributed by atoms with van der Waals surface area (Å²) in [5, 5.41) is 3.37. The van der Waals surface area contributed by atoms with E-state index in [1.165, 1.54) is 29.4 Å². The van der Waals surface area contributed by atoms with Crippen LogP contribution in [0.1, 0.15) is 29.9 Å². The van der Waals surface area contributed by atoms with Gasteiger partial charge >= 0.3 is 0 Å². The second kappa shape index (κ2) is 5.78. The van der Waals surface area contributed by atoms with Crippen LogP contribution in [0.25, 0.3) is 0 Å². The molecule has 1 aromatic heterocycles. The van der Waals surface area contributed by atoms with Crippen molar-refractivity contribution in [3.63, 3.8) is 0 Å². The van der Waals surface area contributed by atoms with Gasteiger partial charge in [0.2, 0.25) is 5.91 Å². The van der Waals surface area contributed by atoms with E-state index in [-0.39, 0.29) is 5.91 Å². The van der Waals surface area contributed by atoms with E-state index in [2.05, 4.69) is 41.5 Å². The Morgan fingerprint density at radius 3 is 2.56 bits per heavy atom. The summed E-state index contributed by atoms with van der Waals surface area (Å²) >= 11 is 1.52. The molecule has 2 aromatic rings. The molecule has 0 fully saturated rings. The van der Waals surface area contributed by atoms with Gasteiger partial charge in [0.05, 0.1) is 0 Å². The second-order valence-corrected chi connectivity index (χ2v) is 5.27. The Morgan fingerprint density at radius 1 is 1.28 bits per heavy atom. The van der Waals surface area contributed by atoms with E-state index < -0.39 is 0 Å². The Morgan fingerprint density at radius 2 is 1.94 bits per heavy atom. The average Bonchev–Trinajstić information content (AvgIpc) is 2.76. The maximum atomic E-state index is 10.9. The summed E-state index contributed by atoms with van der Waals surface area (Å²) in [6.07, 6.45) is 3.75. The topological polar surface area (TPSA) is 42.0 Å². The lowest BCUT2D eigenvalue weighted by Crippen LogP contribution is -2.04. The fourth-order valence-corrected chi connectivity index (χ4v) is 2.58. The van der Waals surface area contributed by atoms with Crippen LogP contribution < -0.4 is 5.32 Å². The van der Waals surface area contributed by atoms with Gasteiger partial charge in [-0.2, -0.15) is 0 Å². The molecule has 0 atom stereocenters. The fraction of sp³-hybridized carbons (Fsp3) is 0.286. The van der Waals surface area contributed by atoms with Crippen LogP contribution in [-0.4, -0.2) is 10.9 Å². The van der Waals surface area contributed by atoms with Crippen molar-refractivity contribution in [1.29, 1.82) is 0 Å². The van der Waals surface area contributed by atoms with E-state index in [4.69, 9.17) is 0 Å². The number of rotatable bonds is 4. The molecule has 0 bridgehead atoms. The molecule has 0 aliphatic heterocycles. The molecule has 0 aliphatic rings. The zero-order chi connectivity index (χ0) is 13.0. The average molecular weight is 260 g/mol. The Balaban J connectivity index is 2.03. The first kappa shape index (κ1) is 12.8. The molecular formula is C14H16N2OS. The van der Waals surface area contributed by atoms with Crippen molar-refractivity contribution < 1.29 is 4.79 Å². The largest absolute Gasteiger partial charge is 0.302 e. The minimum absolute atomic E-state index is 0.0804. The molecule has 4 heteroatoms. The van der Waals surface area contributed by atoms with Crippen LogP contribution >= 0.6 is 11.3 Å². The van der Waals surface area contributed by atoms with E-state index >= 15 is 0 Å². The minimum atomic E-state index is -0.0804. The SMILES string of the molecule is CCc1ccc(Cc2cnc(NC(C)=O)s2)cc1. The predicted octanol–water partition coefficient (Wildman–Crippen LogP) is 3.25. The van der Waals surface area contributed by atoms with Crippen molar-refractivity contribution in [3.05, 3.63) is 46.5 Å². The van der Waals surface area contributed by atoms with Gasteiger partial charge < -0.3 is 5.32 Å². The molecular weight excluding hydrogens is 244 g/mol. The first-order valence-corrected chi connectivity index (χ1v) is 6.79. The number of nitrogens with one attached hydrogen (secondary N) is 1. The van der Waals surface area contributed by atoms with Gasteiger partial charge in [0.25, 0.3) is 0 Å². The summed E-state index contributed by atoms with van der Waals surface area (Å²) in [7, 11) is 0. The molecule has 2 rings (SSSR count). The van der Waals surface area contributed by atoms with E-state index in [0.29, 0.717) is 5.13 Å². The molecule has 1 aromatic carbocycles. The predicted molar refractivity (Wildman–Crippen MR) is 75.0 cm³/mol. The summed E-state index contributed by atoms with van der Waals surface area (Å²) in [4.78, 5) is 16.2. The van der Waals surface area contributed by atoms with Gasteiger partial charge in [0.1, 0.15) is 0 Å². The van der Waals surface area contributed by atoms with Crippen molar-refractivity contribution >= 4 is 22.4 Å². The molecule has 3 nitrogen and oxygen atoms in total. The molecule has 0 saturated carbocycles. The number of nitrogens with zero attached hydrogens (tertiary/aromatic N) is 1. The van der Waals surface area contributed by atoms with E-state index in [9.17, 15) is 4.79 Å². The van der Waals surface area contributed by atoms with Crippen molar-refractivity contribution in [1.82, 2.24) is 4.98 Å². The number of benzene rings is 1. The van der Waals surface area contributed by atoms with Crippen molar-refractivity contribution in [2.45, 2.75) is 26.7 Å². The second-order valence-electron chi connectivity index (χ2n) is 4.16. The van der Waals surface area contributed by atoms with Gasteiger partial charge in [-0.1, -0.05) is 31.2 Å². The number of anilines is 1. The summed E-state index contributed by atoms with van der Waals surface area (Å²) in [5.41, 5.74) is 2.62. The number of aromatic nitrogens is 1. The van der Waals surface area contributed by atoms with Crippen LogP contribution in [0.3, 0.4) is 0 Å². The van der Waals surface area contributed by atoms with E-state index in [1.54, 1.807) is 0 Å². The molecule has 0 aliphatic carbocycles. The Hall–Kier alpha value is -1.68. The number of thiazole rings is 1. The third kappa shape index (κ3) is 3.40. The van der Waals surface area contributed by atoms with Crippen LogP contribution in [-0.2, 0) is 17.6 Å². The summed E-state index contributed by atoms with van der Waals surface area (Å²) < 4.78 is 0. The highest BCUT2D eigenvalue weighted by Crippen LogP contribution is 2.21. The quantitative estimate of drug-likeness (QED) is 0.916. The Kier molecular flexibility index (Phi) is 4.10. The Labute approximate surface area is 111 Å². The highest BCUT2D eigenvalue weighted by Gasteiger charge is 2.04. The molecule has 94 valence electrons. The van der Waals surface area contributed by atoms with Gasteiger partial charge in [-0.15, -0.1) is 11.3 Å². The lowest BCUT2D eigenvalue weighted by atomic mass is 10.1. The van der Waals surface area contributed by atoms with Crippen LogP contribution in [0.15, 0.2) is 30.5 Å². The smallest absolute Gasteiger partial charge is 0.223 e. The molecule has 1 heterocycles. The number of hydrogen-bond donors (Lipinski definition) is 1. The zero-order valence-electron chi connectivity index (χ0n) is 10.6. The molecule has 0 saturated heterocycles. The Bertz CT molecular complexity index is 531. The van der Waals surface area contributed by atoms with Gasteiger partial charge in [-0.3, -0.25) is 4.79 Å². The van der Waals surface area contributed by atoms with Gasteiger partial charge in [-0.05, 0) is 17.5 Å². The van der Waals surface area contributed by atoms with Crippen molar-refractivity contribution in [2.24, 2.45) is 0 Å². The monoisotopic (exact) mass is 260 g/mol. The molecule has 0 unspecified atom stereocenters. The van der Waals surface area contributed by atoms with E-state index in [1.807, 2.05) is 6.20 Å². The van der Waals surface area contributed by atoms with Gasteiger partial charge in [0, 0.05) is 24.4 Å². The third-order valence-corrected chi connectivity index (χ3v) is 3.56. The summed E-state index contributed by atoms with van der Waals surface area (Å²) in [6.45, 7) is 3.64. The number of hydrogen-bond acceptors (Lipinski definition) is 3. The first-order chi connectivity index (χ1) is 8.67. The summed E-state index contributed by atoms with van der Waals surface area (Å²) in [5.74, 6) is -0.0804. The van der Waals surface area contributed by atoms with Gasteiger partial charge in [-0.25, -0.2) is 4.98 Å². The number of carbonyl (C=O) groups is 1. The van der Waals surface area contributed by atoms with Crippen LogP contribution in [0.5, 0.6) is 0 Å². The maximum absolute atomic E-state index is 10.9. The number of amides is 1. The van der Waals surface area contributed by atoms with Crippen LogP contribution in [0, 0.1) is 0 Å². The zero-order valence-corrected chi connectivity index (χ0v) is 11.4. The van der Waals surface area contributed by atoms with Crippen molar-refractivity contribution in [2.75, 3.05) is 5.32 Å². The van der Waals surface area contributed by atoms with Crippen LogP contribution in [0.4, 0.5) is 5.13 Å². The lowest BCUT2D eigenvalue weighted by molar-refractivity contribution is -0.114. The normalized spacial score (nSPS) is 10.3. The number of carbonyl (C=O) groups excluding carboxylic acids is 1. The highest BCUT2D eigenvalue weighted by atomic mass is 32.1. The molecule has 0 spiro atoms. The summed E-state index contributed by atoms with van der Waals surface area (Å²) in [6, 6.07) is 8.61. The van der Waals surface area contributed by atoms with E-state index in [0.717, 1.165) is 17.7 Å². The highest BCUT2D eigenvalue weighted by molar-refractivity contribution is 7.15. The standard InChI is InChI=1S/C14H16N2OS/c1-3-11-4-6-12(7-5-11)8-13-9-15-14(18-13)16-10(2)17/h4-7,9H,3,8H2,1-2H3,(H,15,16,17). The van der Waals surface area contributed by atoms with Crippen LogP contribution in [0.2, 0.25) is 0 Å². The van der Waals surface area contributed by atoms with Gasteiger partial charge in [0.15, 0.2) is 5.13 Å². The maximum Gasteiger partial charge on any atom is 0.223 e. The molecule has 0 radical (unpaired) electrons. The lowest BCUT2D eigenvalue weighted by Gasteiger charge is -2.00. The number of aryl methyl sites for hydroxylation is 1. The molecule has 1 amide bonds. The minimum Gasteiger partial charge on any atom is -0.302 e. The third-order valence-electron chi connectivity index (χ3n) is 2.65. The van der Waals surface area contributed by atoms with Crippen molar-refractivity contribution in [3.8, 4) is 0 Å². The fourth-order valence-electron chi connectivity index (χ4n) is 1.69.